The number of para-hydroxylation sites is 2. The Kier molecular flexibility index (Phi) is 7.28. The number of rotatable bonds is 9. The zero-order valence-electron chi connectivity index (χ0n) is 19.4. The third-order valence-electron chi connectivity index (χ3n) is 5.58. The number of aryl methyl sites for hydroxylation is 2. The number of hydrogen-bond donors (Lipinski definition) is 1. The van der Waals surface area contributed by atoms with Gasteiger partial charge in [0.15, 0.2) is 0 Å². The normalized spacial score (nSPS) is 14.4. The van der Waals surface area contributed by atoms with E-state index in [2.05, 4.69) is 37.5 Å². The lowest BCUT2D eigenvalue weighted by Gasteiger charge is -2.14. The molecule has 0 atom stereocenters. The Morgan fingerprint density at radius 3 is 2.18 bits per heavy atom. The molecule has 1 saturated heterocycles. The summed E-state index contributed by atoms with van der Waals surface area (Å²) in [5, 5.41) is 1.25. The zero-order valence-corrected chi connectivity index (χ0v) is 19.4. The summed E-state index contributed by atoms with van der Waals surface area (Å²) in [7, 11) is 0. The van der Waals surface area contributed by atoms with Gasteiger partial charge in [0.25, 0.3) is 11.8 Å². The van der Waals surface area contributed by atoms with Crippen LogP contribution in [0.2, 0.25) is 0 Å². The van der Waals surface area contributed by atoms with Gasteiger partial charge in [-0.15, -0.1) is 0 Å². The van der Waals surface area contributed by atoms with Crippen LogP contribution in [0.25, 0.3) is 6.08 Å². The predicted octanol–water partition coefficient (Wildman–Crippen LogP) is 4.73. The van der Waals surface area contributed by atoms with Crippen LogP contribution >= 0.6 is 0 Å². The Hall–Kier alpha value is -4.06. The van der Waals surface area contributed by atoms with E-state index in [9.17, 15) is 9.59 Å². The van der Waals surface area contributed by atoms with Gasteiger partial charge in [-0.05, 0) is 60.4 Å². The first kappa shape index (κ1) is 23.1. The molecule has 6 nitrogen and oxygen atoms in total. The van der Waals surface area contributed by atoms with Crippen molar-refractivity contribution in [3.63, 3.8) is 0 Å². The van der Waals surface area contributed by atoms with Crippen LogP contribution in [0.4, 0.5) is 5.69 Å². The Labute approximate surface area is 199 Å². The van der Waals surface area contributed by atoms with E-state index in [1.54, 1.807) is 18.2 Å². The van der Waals surface area contributed by atoms with Crippen molar-refractivity contribution >= 4 is 23.6 Å². The summed E-state index contributed by atoms with van der Waals surface area (Å²) < 4.78 is 11.9. The van der Waals surface area contributed by atoms with Crippen LogP contribution in [0.5, 0.6) is 11.5 Å². The number of anilines is 1. The van der Waals surface area contributed by atoms with E-state index in [0.29, 0.717) is 30.2 Å². The minimum Gasteiger partial charge on any atom is -0.490 e. The van der Waals surface area contributed by atoms with E-state index in [1.165, 1.54) is 16.1 Å². The number of nitrogens with one attached hydrogen (secondary N) is 1. The smallest absolute Gasteiger partial charge is 0.282 e. The van der Waals surface area contributed by atoms with Gasteiger partial charge >= 0.3 is 0 Å². The first-order chi connectivity index (χ1) is 16.6. The number of hydrazine groups is 1. The fourth-order valence-corrected chi connectivity index (χ4v) is 3.73. The summed E-state index contributed by atoms with van der Waals surface area (Å²) in [6, 6.07) is 22.6. The van der Waals surface area contributed by atoms with Gasteiger partial charge in [0.1, 0.15) is 30.3 Å². The largest absolute Gasteiger partial charge is 0.490 e. The number of hydrogen-bond acceptors (Lipinski definition) is 4. The van der Waals surface area contributed by atoms with E-state index in [1.807, 2.05) is 42.5 Å². The second-order valence-electron chi connectivity index (χ2n) is 7.90. The molecule has 0 radical (unpaired) electrons. The molecule has 0 aromatic heterocycles. The van der Waals surface area contributed by atoms with Crippen molar-refractivity contribution in [2.24, 2.45) is 0 Å². The average Bonchev–Trinajstić information content (AvgIpc) is 3.16. The van der Waals surface area contributed by atoms with Crippen molar-refractivity contribution in [3.8, 4) is 11.5 Å². The van der Waals surface area contributed by atoms with Gasteiger partial charge in [-0.3, -0.25) is 15.0 Å². The van der Waals surface area contributed by atoms with Crippen molar-refractivity contribution in [2.45, 2.75) is 26.7 Å². The van der Waals surface area contributed by atoms with Gasteiger partial charge in [-0.1, -0.05) is 56.3 Å². The Bertz CT molecular complexity index is 1180. The maximum atomic E-state index is 12.9. The number of carbonyl (C=O) groups is 2. The lowest BCUT2D eigenvalue weighted by molar-refractivity contribution is -0.117. The van der Waals surface area contributed by atoms with Crippen LogP contribution in [-0.4, -0.2) is 25.0 Å². The standard InChI is InChI=1S/C28H28N2O4/c1-3-20-16-21(4-2)18-24(17-20)33-14-15-34-26-13-9-8-10-22(26)19-25-27(31)29-30(28(25)32)23-11-6-5-7-12-23/h5-13,16-19H,3-4,14-15H2,1-2H3,(H,29,31)/b25-19-. The topological polar surface area (TPSA) is 67.9 Å². The van der Waals surface area contributed by atoms with Gasteiger partial charge in [-0.25, -0.2) is 5.01 Å². The van der Waals surface area contributed by atoms with E-state index < -0.39 is 11.8 Å². The molecule has 4 rings (SSSR count). The molecular weight excluding hydrogens is 428 g/mol. The molecule has 0 aliphatic carbocycles. The number of carbonyl (C=O) groups excluding carboxylic acids is 2. The van der Waals surface area contributed by atoms with Crippen LogP contribution in [-0.2, 0) is 22.4 Å². The SMILES string of the molecule is CCc1cc(CC)cc(OCCOc2ccccc2/C=C2/C(=O)NN(c3ccccc3)C2=O)c1. The molecule has 3 aromatic carbocycles. The maximum Gasteiger partial charge on any atom is 0.282 e. The first-order valence-corrected chi connectivity index (χ1v) is 11.5. The summed E-state index contributed by atoms with van der Waals surface area (Å²) in [4.78, 5) is 25.4. The average molecular weight is 457 g/mol. The van der Waals surface area contributed by atoms with Crippen LogP contribution < -0.4 is 19.9 Å². The highest BCUT2D eigenvalue weighted by Gasteiger charge is 2.34. The van der Waals surface area contributed by atoms with E-state index in [-0.39, 0.29) is 5.57 Å². The molecule has 1 aliphatic rings. The highest BCUT2D eigenvalue weighted by molar-refractivity contribution is 6.31. The lowest BCUT2D eigenvalue weighted by atomic mass is 10.1. The minimum absolute atomic E-state index is 0.0552. The molecule has 0 bridgehead atoms. The minimum atomic E-state index is -0.450. The molecule has 0 saturated carbocycles. The third kappa shape index (κ3) is 5.29. The second kappa shape index (κ2) is 10.7. The summed E-state index contributed by atoms with van der Waals surface area (Å²) in [5.74, 6) is 0.560. The fraction of sp³-hybridized carbons (Fsp3) is 0.214. The second-order valence-corrected chi connectivity index (χ2v) is 7.90. The molecule has 3 aromatic rings. The Morgan fingerprint density at radius 1 is 0.824 bits per heavy atom. The van der Waals surface area contributed by atoms with E-state index in [4.69, 9.17) is 9.47 Å². The molecule has 1 fully saturated rings. The number of benzene rings is 3. The summed E-state index contributed by atoms with van der Waals surface area (Å²) in [6.07, 6.45) is 3.47. The fourth-order valence-electron chi connectivity index (χ4n) is 3.73. The monoisotopic (exact) mass is 456 g/mol. The van der Waals surface area contributed by atoms with Crippen molar-refractivity contribution in [1.82, 2.24) is 5.43 Å². The van der Waals surface area contributed by atoms with Gasteiger partial charge in [-0.2, -0.15) is 0 Å². The Morgan fingerprint density at radius 2 is 1.47 bits per heavy atom. The first-order valence-electron chi connectivity index (χ1n) is 11.5. The summed E-state index contributed by atoms with van der Waals surface area (Å²) in [6.45, 7) is 4.96. The number of ether oxygens (including phenoxy) is 2. The van der Waals surface area contributed by atoms with Gasteiger partial charge in [0, 0.05) is 5.56 Å². The molecule has 1 aliphatic heterocycles. The van der Waals surface area contributed by atoms with Gasteiger partial charge in [0.2, 0.25) is 0 Å². The number of nitrogens with zero attached hydrogens (tertiary/aromatic N) is 1. The van der Waals surface area contributed by atoms with Gasteiger partial charge in [0.05, 0.1) is 5.69 Å². The molecule has 1 N–H and O–H groups in total. The Balaban J connectivity index is 1.43. The van der Waals surface area contributed by atoms with Crippen molar-refractivity contribution < 1.29 is 19.1 Å². The van der Waals surface area contributed by atoms with Crippen molar-refractivity contribution in [1.29, 1.82) is 0 Å². The summed E-state index contributed by atoms with van der Waals surface area (Å²) in [5.41, 5.74) is 6.41. The van der Waals surface area contributed by atoms with Crippen LogP contribution in [0.3, 0.4) is 0 Å². The molecule has 0 unspecified atom stereocenters. The number of amides is 2. The molecule has 6 heteroatoms. The zero-order chi connectivity index (χ0) is 23.9. The third-order valence-corrected chi connectivity index (χ3v) is 5.58. The van der Waals surface area contributed by atoms with E-state index >= 15 is 0 Å². The van der Waals surface area contributed by atoms with Crippen molar-refractivity contribution in [3.05, 3.63) is 95.1 Å². The summed E-state index contributed by atoms with van der Waals surface area (Å²) >= 11 is 0. The van der Waals surface area contributed by atoms with Crippen LogP contribution in [0.1, 0.15) is 30.5 Å². The quantitative estimate of drug-likeness (QED) is 0.287. The highest BCUT2D eigenvalue weighted by Crippen LogP contribution is 2.25. The van der Waals surface area contributed by atoms with Crippen LogP contribution in [0.15, 0.2) is 78.4 Å². The van der Waals surface area contributed by atoms with Crippen molar-refractivity contribution in [2.75, 3.05) is 18.2 Å². The predicted molar refractivity (Wildman–Crippen MR) is 133 cm³/mol. The van der Waals surface area contributed by atoms with Gasteiger partial charge < -0.3 is 9.47 Å². The maximum absolute atomic E-state index is 12.9. The molecule has 1 heterocycles. The lowest BCUT2D eigenvalue weighted by Crippen LogP contribution is -2.35. The van der Waals surface area contributed by atoms with Crippen LogP contribution in [0, 0.1) is 0 Å². The molecule has 174 valence electrons. The molecule has 34 heavy (non-hydrogen) atoms. The molecule has 0 spiro atoms. The highest BCUT2D eigenvalue weighted by atomic mass is 16.5. The van der Waals surface area contributed by atoms with E-state index in [0.717, 1.165) is 18.6 Å². The molecule has 2 amide bonds. The molecular formula is C28H28N2O4.